The summed E-state index contributed by atoms with van der Waals surface area (Å²) in [7, 11) is 0. The molecule has 0 aliphatic rings. The fourth-order valence-corrected chi connectivity index (χ4v) is 2.68. The third kappa shape index (κ3) is 2.94. The first-order valence-electron chi connectivity index (χ1n) is 6.02. The van der Waals surface area contributed by atoms with Gasteiger partial charge in [-0.05, 0) is 24.1 Å². The summed E-state index contributed by atoms with van der Waals surface area (Å²) in [4.78, 5) is 4.44. The summed E-state index contributed by atoms with van der Waals surface area (Å²) in [6.45, 7) is 5.34. The van der Waals surface area contributed by atoms with Crippen molar-refractivity contribution < 1.29 is 4.39 Å². The van der Waals surface area contributed by atoms with Gasteiger partial charge < -0.3 is 5.32 Å². The van der Waals surface area contributed by atoms with E-state index in [4.69, 9.17) is 0 Å². The second-order valence-corrected chi connectivity index (χ2v) is 5.23. The van der Waals surface area contributed by atoms with Gasteiger partial charge in [0.1, 0.15) is 5.82 Å². The van der Waals surface area contributed by atoms with Crippen molar-refractivity contribution in [2.75, 3.05) is 11.9 Å². The van der Waals surface area contributed by atoms with Crippen LogP contribution in [-0.2, 0) is 0 Å². The smallest absolute Gasteiger partial charge is 0.183 e. The van der Waals surface area contributed by atoms with Gasteiger partial charge >= 0.3 is 0 Å². The van der Waals surface area contributed by atoms with E-state index in [0.29, 0.717) is 5.92 Å². The molecule has 2 rings (SSSR count). The van der Waals surface area contributed by atoms with Crippen LogP contribution in [0, 0.1) is 11.7 Å². The molecule has 0 fully saturated rings. The van der Waals surface area contributed by atoms with E-state index in [-0.39, 0.29) is 5.82 Å². The number of rotatable bonds is 5. The molecule has 0 aliphatic heterocycles. The number of benzene rings is 1. The highest BCUT2D eigenvalue weighted by Gasteiger charge is 2.07. The first-order chi connectivity index (χ1) is 8.22. The van der Waals surface area contributed by atoms with Crippen LogP contribution < -0.4 is 5.32 Å². The second kappa shape index (κ2) is 5.45. The van der Waals surface area contributed by atoms with Crippen molar-refractivity contribution in [1.29, 1.82) is 0 Å². The van der Waals surface area contributed by atoms with Crippen LogP contribution in [-0.4, -0.2) is 11.5 Å². The molecular weight excluding hydrogens is 235 g/mol. The number of halogens is 1. The van der Waals surface area contributed by atoms with E-state index in [1.165, 1.54) is 36.3 Å². The van der Waals surface area contributed by atoms with Crippen LogP contribution in [0.25, 0.3) is 10.2 Å². The first-order valence-corrected chi connectivity index (χ1v) is 6.84. The van der Waals surface area contributed by atoms with Crippen molar-refractivity contribution in [3.05, 3.63) is 24.0 Å². The molecule has 0 amide bonds. The highest BCUT2D eigenvalue weighted by Crippen LogP contribution is 2.26. The van der Waals surface area contributed by atoms with Gasteiger partial charge in [0.15, 0.2) is 5.13 Å². The highest BCUT2D eigenvalue weighted by molar-refractivity contribution is 7.22. The summed E-state index contributed by atoms with van der Waals surface area (Å²) in [5, 5.41) is 4.23. The summed E-state index contributed by atoms with van der Waals surface area (Å²) in [5.41, 5.74) is 0.864. The van der Waals surface area contributed by atoms with Crippen molar-refractivity contribution in [2.24, 2.45) is 5.92 Å². The minimum Gasteiger partial charge on any atom is -0.361 e. The molecule has 1 heterocycles. The Bertz CT molecular complexity index is 491. The molecule has 0 bridgehead atoms. The Morgan fingerprint density at radius 1 is 1.35 bits per heavy atom. The van der Waals surface area contributed by atoms with Crippen molar-refractivity contribution in [3.63, 3.8) is 0 Å². The van der Waals surface area contributed by atoms with Crippen molar-refractivity contribution in [3.8, 4) is 0 Å². The van der Waals surface area contributed by atoms with E-state index in [1.807, 2.05) is 0 Å². The van der Waals surface area contributed by atoms with Gasteiger partial charge in [-0.25, -0.2) is 9.37 Å². The highest BCUT2D eigenvalue weighted by atomic mass is 32.1. The molecule has 0 atom stereocenters. The van der Waals surface area contributed by atoms with Gasteiger partial charge in [0.2, 0.25) is 0 Å². The van der Waals surface area contributed by atoms with Gasteiger partial charge in [-0.2, -0.15) is 0 Å². The largest absolute Gasteiger partial charge is 0.361 e. The molecule has 0 saturated carbocycles. The summed E-state index contributed by atoms with van der Waals surface area (Å²) in [5.74, 6) is 0.478. The number of fused-ring (bicyclic) bond motifs is 1. The van der Waals surface area contributed by atoms with E-state index in [0.717, 1.165) is 21.9 Å². The zero-order valence-electron chi connectivity index (χ0n) is 10.2. The lowest BCUT2D eigenvalue weighted by Gasteiger charge is -2.11. The lowest BCUT2D eigenvalue weighted by atomic mass is 10.0. The Morgan fingerprint density at radius 2 is 2.12 bits per heavy atom. The van der Waals surface area contributed by atoms with Crippen LogP contribution in [0.4, 0.5) is 9.52 Å². The van der Waals surface area contributed by atoms with E-state index >= 15 is 0 Å². The average molecular weight is 252 g/mol. The lowest BCUT2D eigenvalue weighted by Crippen LogP contribution is -2.12. The molecular formula is C13H17FN2S. The van der Waals surface area contributed by atoms with Gasteiger partial charge in [0, 0.05) is 6.54 Å². The van der Waals surface area contributed by atoms with Gasteiger partial charge in [0.25, 0.3) is 0 Å². The first kappa shape index (κ1) is 12.3. The molecule has 1 N–H and O–H groups in total. The summed E-state index contributed by atoms with van der Waals surface area (Å²) >= 11 is 1.51. The maximum atomic E-state index is 13.0. The van der Waals surface area contributed by atoms with Crippen LogP contribution in [0.15, 0.2) is 18.2 Å². The number of hydrogen-bond acceptors (Lipinski definition) is 3. The van der Waals surface area contributed by atoms with Crippen LogP contribution in [0.2, 0.25) is 0 Å². The number of anilines is 1. The zero-order chi connectivity index (χ0) is 12.3. The second-order valence-electron chi connectivity index (χ2n) is 4.19. The molecule has 4 heteroatoms. The van der Waals surface area contributed by atoms with Gasteiger partial charge in [-0.15, -0.1) is 0 Å². The number of thiazole rings is 1. The van der Waals surface area contributed by atoms with Gasteiger partial charge in [0.05, 0.1) is 10.2 Å². The molecule has 2 aromatic rings. The predicted molar refractivity (Wildman–Crippen MR) is 72.1 cm³/mol. The summed E-state index contributed by atoms with van der Waals surface area (Å²) in [6, 6.07) is 4.71. The number of nitrogens with zero attached hydrogens (tertiary/aromatic N) is 1. The van der Waals surface area contributed by atoms with Crippen molar-refractivity contribution in [2.45, 2.75) is 26.7 Å². The van der Waals surface area contributed by atoms with E-state index in [2.05, 4.69) is 24.1 Å². The summed E-state index contributed by atoms with van der Waals surface area (Å²) < 4.78 is 13.9. The monoisotopic (exact) mass is 252 g/mol. The number of aromatic nitrogens is 1. The predicted octanol–water partition coefficient (Wildman–Crippen LogP) is 4.28. The third-order valence-electron chi connectivity index (χ3n) is 3.05. The van der Waals surface area contributed by atoms with E-state index in [9.17, 15) is 4.39 Å². The Hall–Kier alpha value is -1.16. The van der Waals surface area contributed by atoms with Gasteiger partial charge in [-0.1, -0.05) is 38.0 Å². The van der Waals surface area contributed by atoms with Crippen LogP contribution >= 0.6 is 11.3 Å². The van der Waals surface area contributed by atoms with Crippen molar-refractivity contribution in [1.82, 2.24) is 4.98 Å². The topological polar surface area (TPSA) is 24.9 Å². The molecule has 17 heavy (non-hydrogen) atoms. The molecule has 0 spiro atoms. The Labute approximate surface area is 105 Å². The Morgan fingerprint density at radius 3 is 2.82 bits per heavy atom. The van der Waals surface area contributed by atoms with Gasteiger partial charge in [-0.3, -0.25) is 0 Å². The molecule has 92 valence electrons. The maximum absolute atomic E-state index is 13.0. The summed E-state index contributed by atoms with van der Waals surface area (Å²) in [6.07, 6.45) is 2.34. The van der Waals surface area contributed by atoms with Crippen LogP contribution in [0.5, 0.6) is 0 Å². The fourth-order valence-electron chi connectivity index (χ4n) is 1.78. The zero-order valence-corrected chi connectivity index (χ0v) is 11.0. The average Bonchev–Trinajstić information content (AvgIpc) is 2.72. The number of nitrogens with one attached hydrogen (secondary N) is 1. The minimum absolute atomic E-state index is 0.201. The molecule has 0 saturated heterocycles. The molecule has 2 nitrogen and oxygen atoms in total. The lowest BCUT2D eigenvalue weighted by molar-refractivity contribution is 0.519. The molecule has 1 aromatic carbocycles. The maximum Gasteiger partial charge on any atom is 0.183 e. The number of hydrogen-bond donors (Lipinski definition) is 1. The normalized spacial score (nSPS) is 11.3. The SMILES string of the molecule is CCC(CC)CNc1nc2ccc(F)cc2s1. The Kier molecular flexibility index (Phi) is 3.94. The van der Waals surface area contributed by atoms with E-state index in [1.54, 1.807) is 6.07 Å². The fraction of sp³-hybridized carbons (Fsp3) is 0.462. The van der Waals surface area contributed by atoms with Crippen LogP contribution in [0.1, 0.15) is 26.7 Å². The quantitative estimate of drug-likeness (QED) is 0.859. The third-order valence-corrected chi connectivity index (χ3v) is 4.02. The molecule has 0 unspecified atom stereocenters. The minimum atomic E-state index is -0.201. The van der Waals surface area contributed by atoms with Crippen LogP contribution in [0.3, 0.4) is 0 Å². The standard InChI is InChI=1S/C13H17FN2S/c1-3-9(4-2)8-15-13-16-11-6-5-10(14)7-12(11)17-13/h5-7,9H,3-4,8H2,1-2H3,(H,15,16). The van der Waals surface area contributed by atoms with E-state index < -0.39 is 0 Å². The van der Waals surface area contributed by atoms with Crippen molar-refractivity contribution >= 4 is 26.7 Å². The molecule has 0 radical (unpaired) electrons. The molecule has 0 aliphatic carbocycles. The Balaban J connectivity index is 2.09. The molecule has 1 aromatic heterocycles.